The van der Waals surface area contributed by atoms with Gasteiger partial charge in [-0.3, -0.25) is 9.59 Å². The smallest absolute Gasteiger partial charge is 0.416 e. The largest absolute Gasteiger partial charge is 0.454 e. The van der Waals surface area contributed by atoms with E-state index in [4.69, 9.17) is 16.2 Å². The molecule has 0 saturated heterocycles. The fourth-order valence-corrected chi connectivity index (χ4v) is 2.63. The number of halogens is 4. The Labute approximate surface area is 184 Å². The number of alkyl halides is 3. The van der Waals surface area contributed by atoms with Gasteiger partial charge in [0.15, 0.2) is 17.4 Å². The minimum atomic E-state index is -4.68. The second-order valence-corrected chi connectivity index (χ2v) is 6.86. The first-order valence-corrected chi connectivity index (χ1v) is 9.34. The molecule has 1 aromatic heterocycles. The molecule has 0 fully saturated rings. The van der Waals surface area contributed by atoms with Crippen LogP contribution >= 0.6 is 0 Å². The Morgan fingerprint density at radius 3 is 2.24 bits per heavy atom. The number of nitrogens with two attached hydrogens (primary N) is 2. The molecule has 8 nitrogen and oxygen atoms in total. The quantitative estimate of drug-likeness (QED) is 0.460. The lowest BCUT2D eigenvalue weighted by Crippen LogP contribution is -2.33. The van der Waals surface area contributed by atoms with Crippen LogP contribution in [0.5, 0.6) is 11.5 Å². The van der Waals surface area contributed by atoms with Crippen molar-refractivity contribution in [2.45, 2.75) is 19.1 Å². The Balaban J connectivity index is 1.86. The predicted molar refractivity (Wildman–Crippen MR) is 110 cm³/mol. The van der Waals surface area contributed by atoms with E-state index in [1.54, 1.807) is 0 Å². The maximum atomic E-state index is 14.0. The number of nitrogens with one attached hydrogen (secondary N) is 1. The maximum Gasteiger partial charge on any atom is 0.416 e. The summed E-state index contributed by atoms with van der Waals surface area (Å²) in [7, 11) is 0. The lowest BCUT2D eigenvalue weighted by atomic mass is 10.2. The number of carbonyl (C=O) groups is 2. The number of primary amides is 2. The summed E-state index contributed by atoms with van der Waals surface area (Å²) in [6, 6.07) is 8.18. The van der Waals surface area contributed by atoms with Gasteiger partial charge in [-0.1, -0.05) is 0 Å². The zero-order valence-electron chi connectivity index (χ0n) is 17.0. The van der Waals surface area contributed by atoms with Gasteiger partial charge >= 0.3 is 6.18 Å². The number of hydrogen-bond acceptors (Lipinski definition) is 6. The predicted octanol–water partition coefficient (Wildman–Crippen LogP) is 3.48. The van der Waals surface area contributed by atoms with Crippen molar-refractivity contribution in [3.63, 3.8) is 0 Å². The van der Waals surface area contributed by atoms with Crippen molar-refractivity contribution in [1.82, 2.24) is 9.97 Å². The van der Waals surface area contributed by atoms with Gasteiger partial charge in [0.05, 0.1) is 5.56 Å². The van der Waals surface area contributed by atoms with E-state index in [1.807, 2.05) is 0 Å². The van der Waals surface area contributed by atoms with Crippen LogP contribution in [-0.4, -0.2) is 27.8 Å². The molecule has 3 aromatic rings. The van der Waals surface area contributed by atoms with Gasteiger partial charge in [-0.25, -0.2) is 14.4 Å². The zero-order valence-corrected chi connectivity index (χ0v) is 17.0. The summed E-state index contributed by atoms with van der Waals surface area (Å²) in [4.78, 5) is 31.2. The normalized spacial score (nSPS) is 12.2. The van der Waals surface area contributed by atoms with Crippen LogP contribution in [0.4, 0.5) is 23.4 Å². The fourth-order valence-electron chi connectivity index (χ4n) is 2.63. The molecule has 2 aromatic carbocycles. The molecule has 3 rings (SSSR count). The first kappa shape index (κ1) is 23.4. The van der Waals surface area contributed by atoms with Crippen molar-refractivity contribution in [3.8, 4) is 22.9 Å². The Morgan fingerprint density at radius 1 is 1.03 bits per heavy atom. The summed E-state index contributed by atoms with van der Waals surface area (Å²) in [6.07, 6.45) is -4.68. The molecule has 0 aliphatic carbocycles. The molecule has 0 spiro atoms. The molecule has 5 N–H and O–H groups in total. The summed E-state index contributed by atoms with van der Waals surface area (Å²) < 4.78 is 57.3. The highest BCUT2D eigenvalue weighted by atomic mass is 19.4. The molecule has 0 aliphatic rings. The van der Waals surface area contributed by atoms with Gasteiger partial charge in [-0.15, -0.1) is 0 Å². The van der Waals surface area contributed by atoms with Gasteiger partial charge in [0.25, 0.3) is 5.91 Å². The lowest BCUT2D eigenvalue weighted by molar-refractivity contribution is -0.137. The Morgan fingerprint density at radius 2 is 1.70 bits per heavy atom. The molecule has 1 atom stereocenters. The Bertz CT molecular complexity index is 1200. The zero-order chi connectivity index (χ0) is 24.3. The number of amides is 2. The number of ether oxygens (including phenoxy) is 1. The second kappa shape index (κ2) is 9.10. The van der Waals surface area contributed by atoms with Gasteiger partial charge in [0.2, 0.25) is 5.91 Å². The van der Waals surface area contributed by atoms with Crippen LogP contribution in [0, 0.1) is 5.82 Å². The highest BCUT2D eigenvalue weighted by Crippen LogP contribution is 2.33. The van der Waals surface area contributed by atoms with Crippen LogP contribution in [0.25, 0.3) is 11.4 Å². The highest BCUT2D eigenvalue weighted by molar-refractivity contribution is 5.92. The van der Waals surface area contributed by atoms with Crippen LogP contribution in [0.15, 0.2) is 48.5 Å². The summed E-state index contributed by atoms with van der Waals surface area (Å²) in [5, 5.41) is 2.73. The molecule has 0 bridgehead atoms. The third kappa shape index (κ3) is 5.73. The molecule has 172 valence electrons. The molecular weight excluding hydrogens is 446 g/mol. The number of nitrogens with zero attached hydrogens (tertiary/aromatic N) is 2. The SMILES string of the molecule is C[C@H](Nc1cc(C(N)=O)nc(-c2ccc(Oc3ccc(C(F)(F)F)cc3F)cc2)n1)C(N)=O. The minimum Gasteiger partial charge on any atom is -0.454 e. The molecule has 0 aliphatic heterocycles. The van der Waals surface area contributed by atoms with Crippen LogP contribution in [-0.2, 0) is 11.0 Å². The molecule has 12 heteroatoms. The second-order valence-electron chi connectivity index (χ2n) is 6.86. The average Bonchev–Trinajstić information content (AvgIpc) is 2.74. The van der Waals surface area contributed by atoms with Crippen LogP contribution in [0.2, 0.25) is 0 Å². The summed E-state index contributed by atoms with van der Waals surface area (Å²) in [6.45, 7) is 1.50. The number of hydrogen-bond donors (Lipinski definition) is 3. The van der Waals surface area contributed by atoms with Crippen molar-refractivity contribution in [2.75, 3.05) is 5.32 Å². The molecule has 2 amide bonds. The number of rotatable bonds is 7. The van der Waals surface area contributed by atoms with Crippen LogP contribution in [0.3, 0.4) is 0 Å². The van der Waals surface area contributed by atoms with Crippen molar-refractivity contribution < 1.29 is 31.9 Å². The number of carbonyl (C=O) groups excluding carboxylic acids is 2. The molecular formula is C21H17F4N5O3. The van der Waals surface area contributed by atoms with Gasteiger partial charge in [-0.05, 0) is 49.4 Å². The first-order valence-electron chi connectivity index (χ1n) is 9.34. The average molecular weight is 463 g/mol. The van der Waals surface area contributed by atoms with Crippen molar-refractivity contribution in [3.05, 3.63) is 65.6 Å². The lowest BCUT2D eigenvalue weighted by Gasteiger charge is -2.13. The van der Waals surface area contributed by atoms with Crippen LogP contribution < -0.4 is 21.5 Å². The number of benzene rings is 2. The van der Waals surface area contributed by atoms with E-state index in [0.29, 0.717) is 17.7 Å². The molecule has 0 saturated carbocycles. The van der Waals surface area contributed by atoms with Crippen molar-refractivity contribution in [2.24, 2.45) is 11.5 Å². The van der Waals surface area contributed by atoms with E-state index in [0.717, 1.165) is 6.07 Å². The van der Waals surface area contributed by atoms with Gasteiger partial charge in [0.1, 0.15) is 23.3 Å². The van der Waals surface area contributed by atoms with E-state index in [-0.39, 0.29) is 23.1 Å². The molecule has 1 heterocycles. The Hall–Kier alpha value is -4.22. The fraction of sp³-hybridized carbons (Fsp3) is 0.143. The minimum absolute atomic E-state index is 0.0812. The maximum absolute atomic E-state index is 14.0. The Kier molecular flexibility index (Phi) is 6.47. The molecule has 0 unspecified atom stereocenters. The molecule has 33 heavy (non-hydrogen) atoms. The van der Waals surface area contributed by atoms with Gasteiger partial charge in [0, 0.05) is 11.6 Å². The topological polar surface area (TPSA) is 133 Å². The summed E-state index contributed by atoms with van der Waals surface area (Å²) in [5.41, 5.74) is 9.68. The third-order valence-electron chi connectivity index (χ3n) is 4.37. The standard InChI is InChI=1S/C21H17F4N5O3/c1-10(18(26)31)28-17-9-15(19(27)32)29-20(30-17)11-2-5-13(6-3-11)33-16-7-4-12(8-14(16)22)21(23,24)25/h2-10H,1H3,(H2,26,31)(H2,27,32)(H,28,29,30)/t10-/m0/s1. The van der Waals surface area contributed by atoms with E-state index in [2.05, 4.69) is 15.3 Å². The molecule has 0 radical (unpaired) electrons. The first-order chi connectivity index (χ1) is 15.4. The number of anilines is 1. The number of aromatic nitrogens is 2. The van der Waals surface area contributed by atoms with E-state index < -0.39 is 41.2 Å². The van der Waals surface area contributed by atoms with Crippen molar-refractivity contribution in [1.29, 1.82) is 0 Å². The summed E-state index contributed by atoms with van der Waals surface area (Å²) in [5.74, 6) is -2.70. The monoisotopic (exact) mass is 463 g/mol. The summed E-state index contributed by atoms with van der Waals surface area (Å²) >= 11 is 0. The van der Waals surface area contributed by atoms with Crippen LogP contribution in [0.1, 0.15) is 23.0 Å². The van der Waals surface area contributed by atoms with E-state index >= 15 is 0 Å². The van der Waals surface area contributed by atoms with Gasteiger partial charge in [-0.2, -0.15) is 13.2 Å². The van der Waals surface area contributed by atoms with E-state index in [9.17, 15) is 27.2 Å². The van der Waals surface area contributed by atoms with Crippen molar-refractivity contribution >= 4 is 17.6 Å². The third-order valence-corrected chi connectivity index (χ3v) is 4.37. The van der Waals surface area contributed by atoms with E-state index in [1.165, 1.54) is 37.3 Å². The highest BCUT2D eigenvalue weighted by Gasteiger charge is 2.31. The van der Waals surface area contributed by atoms with Gasteiger partial charge < -0.3 is 21.5 Å².